The summed E-state index contributed by atoms with van der Waals surface area (Å²) in [6, 6.07) is 9.63. The van der Waals surface area contributed by atoms with E-state index < -0.39 is 5.41 Å². The van der Waals surface area contributed by atoms with Crippen LogP contribution in [0.2, 0.25) is 0 Å². The summed E-state index contributed by atoms with van der Waals surface area (Å²) in [5.41, 5.74) is 0.410. The molecule has 0 saturated carbocycles. The molecule has 2 N–H and O–H groups in total. The predicted octanol–water partition coefficient (Wildman–Crippen LogP) is 1.30. The number of hydrogen-bond donors (Lipinski definition) is 1. The quantitative estimate of drug-likeness (QED) is 0.436. The number of nitrogens with two attached hydrogens (primary N) is 1. The molecule has 0 radical (unpaired) electrons. The van der Waals surface area contributed by atoms with Gasteiger partial charge in [0, 0.05) is 7.05 Å². The maximum atomic E-state index is 11.8. The molecule has 3 nitrogen and oxygen atoms in total. The van der Waals surface area contributed by atoms with Gasteiger partial charge in [-0.25, -0.2) is 5.84 Å². The Balaban J connectivity index is 3.02. The summed E-state index contributed by atoms with van der Waals surface area (Å²) >= 11 is 0. The van der Waals surface area contributed by atoms with Crippen LogP contribution in [0.3, 0.4) is 0 Å². The Kier molecular flexibility index (Phi) is 2.91. The van der Waals surface area contributed by atoms with Crippen LogP contribution in [-0.4, -0.2) is 18.0 Å². The minimum atomic E-state index is -0.565. The SMILES string of the molecule is CN(N)C(=O)C(C)(C)c1ccccc1. The zero-order chi connectivity index (χ0) is 10.8. The van der Waals surface area contributed by atoms with Crippen LogP contribution in [0.25, 0.3) is 0 Å². The molecule has 0 aliphatic heterocycles. The summed E-state index contributed by atoms with van der Waals surface area (Å²) in [7, 11) is 1.56. The van der Waals surface area contributed by atoms with Crippen LogP contribution in [0.4, 0.5) is 0 Å². The van der Waals surface area contributed by atoms with Crippen molar-refractivity contribution in [2.45, 2.75) is 19.3 Å². The highest BCUT2D eigenvalue weighted by Crippen LogP contribution is 2.23. The summed E-state index contributed by atoms with van der Waals surface area (Å²) in [6.07, 6.45) is 0. The van der Waals surface area contributed by atoms with Crippen molar-refractivity contribution in [1.82, 2.24) is 5.01 Å². The number of amides is 1. The molecule has 0 aliphatic carbocycles. The van der Waals surface area contributed by atoms with Crippen LogP contribution in [0.1, 0.15) is 19.4 Å². The van der Waals surface area contributed by atoms with Gasteiger partial charge in [0.15, 0.2) is 0 Å². The lowest BCUT2D eigenvalue weighted by Gasteiger charge is -2.26. The highest BCUT2D eigenvalue weighted by Gasteiger charge is 2.31. The Hall–Kier alpha value is -1.35. The van der Waals surface area contributed by atoms with Crippen LogP contribution in [0, 0.1) is 0 Å². The fourth-order valence-electron chi connectivity index (χ4n) is 1.42. The van der Waals surface area contributed by atoms with Gasteiger partial charge >= 0.3 is 0 Å². The molecule has 0 heterocycles. The number of benzene rings is 1. The maximum Gasteiger partial charge on any atom is 0.246 e. The number of hydrogen-bond acceptors (Lipinski definition) is 2. The Labute approximate surface area is 84.5 Å². The maximum absolute atomic E-state index is 11.8. The van der Waals surface area contributed by atoms with E-state index in [9.17, 15) is 4.79 Å². The van der Waals surface area contributed by atoms with Gasteiger partial charge in [0.05, 0.1) is 5.41 Å². The zero-order valence-corrected chi connectivity index (χ0v) is 8.82. The zero-order valence-electron chi connectivity index (χ0n) is 8.82. The summed E-state index contributed by atoms with van der Waals surface area (Å²) in [5.74, 6) is 5.35. The number of likely N-dealkylation sites (N-methyl/N-ethyl adjacent to an activating group) is 1. The van der Waals surface area contributed by atoms with Gasteiger partial charge in [0.1, 0.15) is 0 Å². The largest absolute Gasteiger partial charge is 0.283 e. The second-order valence-electron chi connectivity index (χ2n) is 3.91. The van der Waals surface area contributed by atoms with Crippen molar-refractivity contribution in [2.24, 2.45) is 5.84 Å². The average molecular weight is 192 g/mol. The van der Waals surface area contributed by atoms with Crippen molar-refractivity contribution in [3.05, 3.63) is 35.9 Å². The molecule has 14 heavy (non-hydrogen) atoms. The molecule has 0 spiro atoms. The lowest BCUT2D eigenvalue weighted by Crippen LogP contribution is -2.44. The number of nitrogens with zero attached hydrogens (tertiary/aromatic N) is 1. The molecular weight excluding hydrogens is 176 g/mol. The molecule has 0 unspecified atom stereocenters. The summed E-state index contributed by atoms with van der Waals surface area (Å²) in [5, 5.41) is 1.13. The standard InChI is InChI=1S/C11H16N2O/c1-11(2,10(14)13(3)12)9-7-5-4-6-8-9/h4-8H,12H2,1-3H3. The first-order valence-corrected chi connectivity index (χ1v) is 4.54. The van der Waals surface area contributed by atoms with Crippen LogP contribution >= 0.6 is 0 Å². The van der Waals surface area contributed by atoms with E-state index in [2.05, 4.69) is 0 Å². The van der Waals surface area contributed by atoms with Gasteiger partial charge in [-0.3, -0.25) is 9.80 Å². The highest BCUT2D eigenvalue weighted by molar-refractivity contribution is 5.86. The van der Waals surface area contributed by atoms with Gasteiger partial charge in [-0.2, -0.15) is 0 Å². The molecule has 0 aliphatic rings. The first kappa shape index (κ1) is 10.7. The van der Waals surface area contributed by atoms with Gasteiger partial charge in [-0.15, -0.1) is 0 Å². The molecule has 3 heteroatoms. The van der Waals surface area contributed by atoms with Crippen LogP contribution in [-0.2, 0) is 10.2 Å². The van der Waals surface area contributed by atoms with E-state index in [-0.39, 0.29) is 5.91 Å². The third-order valence-corrected chi connectivity index (χ3v) is 2.35. The minimum Gasteiger partial charge on any atom is -0.283 e. The van der Waals surface area contributed by atoms with Crippen molar-refractivity contribution in [3.8, 4) is 0 Å². The van der Waals surface area contributed by atoms with Gasteiger partial charge in [-0.1, -0.05) is 30.3 Å². The Bertz CT molecular complexity index is 317. The van der Waals surface area contributed by atoms with E-state index >= 15 is 0 Å². The van der Waals surface area contributed by atoms with E-state index in [1.165, 1.54) is 0 Å². The minimum absolute atomic E-state index is 0.0938. The van der Waals surface area contributed by atoms with E-state index in [1.54, 1.807) is 7.05 Å². The Morgan fingerprint density at radius 1 is 1.29 bits per heavy atom. The number of carbonyl (C=O) groups is 1. The lowest BCUT2D eigenvalue weighted by atomic mass is 9.83. The first-order valence-electron chi connectivity index (χ1n) is 4.54. The molecule has 0 atom stereocenters. The monoisotopic (exact) mass is 192 g/mol. The number of carbonyl (C=O) groups excluding carboxylic acids is 1. The van der Waals surface area contributed by atoms with Gasteiger partial charge in [-0.05, 0) is 19.4 Å². The summed E-state index contributed by atoms with van der Waals surface area (Å²) in [4.78, 5) is 11.8. The highest BCUT2D eigenvalue weighted by atomic mass is 16.2. The Morgan fingerprint density at radius 3 is 2.21 bits per heavy atom. The fraction of sp³-hybridized carbons (Fsp3) is 0.364. The molecule has 0 fully saturated rings. The van der Waals surface area contributed by atoms with Crippen LogP contribution in [0.5, 0.6) is 0 Å². The third kappa shape index (κ3) is 1.93. The van der Waals surface area contributed by atoms with E-state index in [4.69, 9.17) is 5.84 Å². The molecule has 1 aromatic rings. The summed E-state index contributed by atoms with van der Waals surface area (Å²) < 4.78 is 0. The molecule has 0 aromatic heterocycles. The molecule has 0 bridgehead atoms. The van der Waals surface area contributed by atoms with Gasteiger partial charge in [0.2, 0.25) is 5.91 Å². The van der Waals surface area contributed by atoms with Crippen molar-refractivity contribution in [2.75, 3.05) is 7.05 Å². The molecule has 76 valence electrons. The second kappa shape index (κ2) is 3.80. The fourth-order valence-corrected chi connectivity index (χ4v) is 1.42. The topological polar surface area (TPSA) is 46.3 Å². The molecule has 1 aromatic carbocycles. The van der Waals surface area contributed by atoms with Crippen molar-refractivity contribution in [3.63, 3.8) is 0 Å². The van der Waals surface area contributed by atoms with Crippen molar-refractivity contribution in [1.29, 1.82) is 0 Å². The van der Waals surface area contributed by atoms with Gasteiger partial charge < -0.3 is 0 Å². The third-order valence-electron chi connectivity index (χ3n) is 2.35. The normalized spacial score (nSPS) is 11.1. The molecule has 1 rings (SSSR count). The Morgan fingerprint density at radius 2 is 1.79 bits per heavy atom. The first-order chi connectivity index (χ1) is 6.46. The molecular formula is C11H16N2O. The number of rotatable bonds is 2. The molecule has 1 amide bonds. The van der Waals surface area contributed by atoms with Crippen LogP contribution < -0.4 is 5.84 Å². The van der Waals surface area contributed by atoms with Crippen molar-refractivity contribution < 1.29 is 4.79 Å². The van der Waals surface area contributed by atoms with E-state index in [1.807, 2.05) is 44.2 Å². The van der Waals surface area contributed by atoms with Gasteiger partial charge in [0.25, 0.3) is 0 Å². The smallest absolute Gasteiger partial charge is 0.246 e. The predicted molar refractivity (Wildman–Crippen MR) is 56.4 cm³/mol. The second-order valence-corrected chi connectivity index (χ2v) is 3.91. The van der Waals surface area contributed by atoms with Crippen LogP contribution in [0.15, 0.2) is 30.3 Å². The van der Waals surface area contributed by atoms with E-state index in [0.29, 0.717) is 0 Å². The van der Waals surface area contributed by atoms with Crippen molar-refractivity contribution >= 4 is 5.91 Å². The average Bonchev–Trinajstić information content (AvgIpc) is 2.18. The summed E-state index contributed by atoms with van der Waals surface area (Å²) in [6.45, 7) is 3.74. The molecule has 0 saturated heterocycles. The number of hydrazine groups is 1. The van der Waals surface area contributed by atoms with E-state index in [0.717, 1.165) is 10.6 Å². The lowest BCUT2D eigenvalue weighted by molar-refractivity contribution is -0.135.